The normalized spacial score (nSPS) is 10.8. The van der Waals surface area contributed by atoms with Crippen LogP contribution in [-0.2, 0) is 0 Å². The van der Waals surface area contributed by atoms with Crippen molar-refractivity contribution in [2.75, 3.05) is 5.73 Å². The number of nitrogen functional groups attached to an aromatic ring is 1. The molecule has 0 saturated carbocycles. The molecule has 21 heavy (non-hydrogen) atoms. The highest BCUT2D eigenvalue weighted by atomic mass is 19.1. The van der Waals surface area contributed by atoms with Gasteiger partial charge in [-0.05, 0) is 37.6 Å². The van der Waals surface area contributed by atoms with Crippen LogP contribution < -0.4 is 5.73 Å². The summed E-state index contributed by atoms with van der Waals surface area (Å²) in [4.78, 5) is 0. The quantitative estimate of drug-likeness (QED) is 0.757. The van der Waals surface area contributed by atoms with E-state index in [0.717, 1.165) is 33.8 Å². The molecule has 3 aromatic rings. The fraction of sp³-hybridized carbons (Fsp3) is 0.133. The van der Waals surface area contributed by atoms with Crippen LogP contribution in [0.1, 0.15) is 11.4 Å². The molecule has 3 N–H and O–H groups in total. The number of nitrogens with one attached hydrogen (secondary N) is 1. The van der Waals surface area contributed by atoms with Crippen molar-refractivity contribution in [3.63, 3.8) is 0 Å². The Kier molecular flexibility index (Phi) is 3.13. The molecule has 0 atom stereocenters. The first-order valence-electron chi connectivity index (χ1n) is 6.47. The van der Waals surface area contributed by atoms with Crippen molar-refractivity contribution in [1.82, 2.24) is 20.4 Å². The molecule has 0 spiro atoms. The molecule has 0 aliphatic rings. The van der Waals surface area contributed by atoms with Crippen LogP contribution in [0, 0.1) is 19.7 Å². The van der Waals surface area contributed by atoms with E-state index in [1.807, 2.05) is 19.9 Å². The standard InChI is InChI=1S/C15H14FN5/c1-8-7-12(9(2)19-18-8)14-13(15(17)21-20-14)10-3-5-11(16)6-4-10/h3-7H,1-2H3,(H3,17,20,21). The van der Waals surface area contributed by atoms with Crippen molar-refractivity contribution < 1.29 is 4.39 Å². The predicted molar refractivity (Wildman–Crippen MR) is 78.9 cm³/mol. The second-order valence-corrected chi connectivity index (χ2v) is 4.85. The lowest BCUT2D eigenvalue weighted by molar-refractivity contribution is 0.628. The van der Waals surface area contributed by atoms with Gasteiger partial charge in [0.05, 0.1) is 22.6 Å². The van der Waals surface area contributed by atoms with Crippen LogP contribution in [0.25, 0.3) is 22.4 Å². The molecule has 0 fully saturated rings. The summed E-state index contributed by atoms with van der Waals surface area (Å²) in [6, 6.07) is 8.07. The minimum Gasteiger partial charge on any atom is -0.382 e. The third-order valence-corrected chi connectivity index (χ3v) is 3.30. The highest BCUT2D eigenvalue weighted by molar-refractivity contribution is 5.88. The van der Waals surface area contributed by atoms with Gasteiger partial charge in [-0.1, -0.05) is 12.1 Å². The van der Waals surface area contributed by atoms with Crippen LogP contribution in [0.4, 0.5) is 10.2 Å². The van der Waals surface area contributed by atoms with Gasteiger partial charge in [-0.25, -0.2) is 4.39 Å². The molecule has 2 aromatic heterocycles. The van der Waals surface area contributed by atoms with E-state index < -0.39 is 0 Å². The first kappa shape index (κ1) is 13.2. The monoisotopic (exact) mass is 283 g/mol. The van der Waals surface area contributed by atoms with Crippen LogP contribution in [0.5, 0.6) is 0 Å². The van der Waals surface area contributed by atoms with E-state index in [9.17, 15) is 4.39 Å². The SMILES string of the molecule is Cc1cc(-c2[nH]nc(N)c2-c2ccc(F)cc2)c(C)nn1. The highest BCUT2D eigenvalue weighted by Gasteiger charge is 2.17. The van der Waals surface area contributed by atoms with Gasteiger partial charge in [0.25, 0.3) is 0 Å². The maximum atomic E-state index is 13.1. The summed E-state index contributed by atoms with van der Waals surface area (Å²) in [5.74, 6) is 0.0745. The fourth-order valence-electron chi connectivity index (χ4n) is 2.26. The van der Waals surface area contributed by atoms with E-state index in [4.69, 9.17) is 5.73 Å². The molecule has 106 valence electrons. The van der Waals surface area contributed by atoms with E-state index >= 15 is 0 Å². The fourth-order valence-corrected chi connectivity index (χ4v) is 2.26. The topological polar surface area (TPSA) is 80.5 Å². The number of aryl methyl sites for hydroxylation is 2. The molecular formula is C15H14FN5. The van der Waals surface area contributed by atoms with Crippen molar-refractivity contribution in [1.29, 1.82) is 0 Å². The predicted octanol–water partition coefficient (Wildman–Crippen LogP) is 2.87. The molecule has 1 aromatic carbocycles. The number of hydrogen-bond acceptors (Lipinski definition) is 4. The van der Waals surface area contributed by atoms with Gasteiger partial charge in [-0.3, -0.25) is 5.10 Å². The Morgan fingerprint density at radius 3 is 2.52 bits per heavy atom. The molecule has 0 unspecified atom stereocenters. The van der Waals surface area contributed by atoms with Crippen LogP contribution in [0.3, 0.4) is 0 Å². The summed E-state index contributed by atoms with van der Waals surface area (Å²) < 4.78 is 13.1. The number of benzene rings is 1. The van der Waals surface area contributed by atoms with Gasteiger partial charge in [0.1, 0.15) is 5.82 Å². The zero-order chi connectivity index (χ0) is 15.0. The van der Waals surface area contributed by atoms with E-state index in [1.54, 1.807) is 12.1 Å². The average Bonchev–Trinajstić information content (AvgIpc) is 2.84. The summed E-state index contributed by atoms with van der Waals surface area (Å²) in [5.41, 5.74) is 10.7. The minimum absolute atomic E-state index is 0.292. The first-order valence-corrected chi connectivity index (χ1v) is 6.47. The summed E-state index contributed by atoms with van der Waals surface area (Å²) in [6.45, 7) is 3.74. The molecule has 0 bridgehead atoms. The summed E-state index contributed by atoms with van der Waals surface area (Å²) in [6.07, 6.45) is 0. The molecule has 0 aliphatic carbocycles. The van der Waals surface area contributed by atoms with Crippen molar-refractivity contribution >= 4 is 5.82 Å². The molecule has 6 heteroatoms. The number of rotatable bonds is 2. The Hall–Kier alpha value is -2.76. The third-order valence-electron chi connectivity index (χ3n) is 3.30. The molecule has 2 heterocycles. The van der Waals surface area contributed by atoms with Gasteiger partial charge in [0, 0.05) is 5.56 Å². The third kappa shape index (κ3) is 2.35. The number of H-pyrrole nitrogens is 1. The number of anilines is 1. The molecule has 0 radical (unpaired) electrons. The summed E-state index contributed by atoms with van der Waals surface area (Å²) >= 11 is 0. The number of halogens is 1. The van der Waals surface area contributed by atoms with E-state index in [0.29, 0.717) is 5.82 Å². The number of hydrogen-bond donors (Lipinski definition) is 2. The Balaban J connectivity index is 2.21. The zero-order valence-electron chi connectivity index (χ0n) is 11.7. The second kappa shape index (κ2) is 4.97. The maximum absolute atomic E-state index is 13.1. The van der Waals surface area contributed by atoms with E-state index in [2.05, 4.69) is 20.4 Å². The number of nitrogens with two attached hydrogens (primary N) is 1. The van der Waals surface area contributed by atoms with Gasteiger partial charge >= 0.3 is 0 Å². The Bertz CT molecular complexity index is 792. The number of aromatic amines is 1. The number of aromatic nitrogens is 4. The number of nitrogens with zero attached hydrogens (tertiary/aromatic N) is 3. The first-order chi connectivity index (χ1) is 10.1. The van der Waals surface area contributed by atoms with Crippen molar-refractivity contribution in [3.05, 3.63) is 47.5 Å². The van der Waals surface area contributed by atoms with Crippen molar-refractivity contribution in [2.45, 2.75) is 13.8 Å². The highest BCUT2D eigenvalue weighted by Crippen LogP contribution is 2.35. The smallest absolute Gasteiger partial charge is 0.153 e. The molecule has 0 amide bonds. The Morgan fingerprint density at radius 2 is 1.81 bits per heavy atom. The van der Waals surface area contributed by atoms with Gasteiger partial charge in [0.15, 0.2) is 5.82 Å². The summed E-state index contributed by atoms with van der Waals surface area (Å²) in [7, 11) is 0. The van der Waals surface area contributed by atoms with E-state index in [1.165, 1.54) is 12.1 Å². The zero-order valence-corrected chi connectivity index (χ0v) is 11.7. The molecular weight excluding hydrogens is 269 g/mol. The lowest BCUT2D eigenvalue weighted by atomic mass is 10.00. The Labute approximate surface area is 121 Å². The van der Waals surface area contributed by atoms with Crippen LogP contribution in [0.2, 0.25) is 0 Å². The van der Waals surface area contributed by atoms with Crippen LogP contribution in [-0.4, -0.2) is 20.4 Å². The van der Waals surface area contributed by atoms with Crippen molar-refractivity contribution in [2.24, 2.45) is 0 Å². The molecule has 3 rings (SSSR count). The largest absolute Gasteiger partial charge is 0.382 e. The molecule has 0 aliphatic heterocycles. The van der Waals surface area contributed by atoms with Crippen LogP contribution >= 0.6 is 0 Å². The Morgan fingerprint density at radius 1 is 1.10 bits per heavy atom. The van der Waals surface area contributed by atoms with E-state index in [-0.39, 0.29) is 5.82 Å². The molecule has 0 saturated heterocycles. The second-order valence-electron chi connectivity index (χ2n) is 4.85. The van der Waals surface area contributed by atoms with Gasteiger partial charge in [0.2, 0.25) is 0 Å². The lowest BCUT2D eigenvalue weighted by Crippen LogP contribution is -1.95. The molecule has 5 nitrogen and oxygen atoms in total. The van der Waals surface area contributed by atoms with Gasteiger partial charge < -0.3 is 5.73 Å². The van der Waals surface area contributed by atoms with Crippen molar-refractivity contribution in [3.8, 4) is 22.4 Å². The lowest BCUT2D eigenvalue weighted by Gasteiger charge is -2.07. The summed E-state index contributed by atoms with van der Waals surface area (Å²) in [5, 5.41) is 15.1. The van der Waals surface area contributed by atoms with Gasteiger partial charge in [-0.2, -0.15) is 15.3 Å². The average molecular weight is 283 g/mol. The van der Waals surface area contributed by atoms with Gasteiger partial charge in [-0.15, -0.1) is 0 Å². The minimum atomic E-state index is -0.292. The van der Waals surface area contributed by atoms with Crippen LogP contribution in [0.15, 0.2) is 30.3 Å². The maximum Gasteiger partial charge on any atom is 0.153 e.